The van der Waals surface area contributed by atoms with Gasteiger partial charge in [0.05, 0.1) is 12.5 Å². The van der Waals surface area contributed by atoms with Crippen LogP contribution in [0.25, 0.3) is 10.9 Å². The summed E-state index contributed by atoms with van der Waals surface area (Å²) in [6, 6.07) is 1.41. The molecular weight excluding hydrogens is 1140 g/mol. The van der Waals surface area contributed by atoms with Gasteiger partial charge in [-0.25, -0.2) is 0 Å². The van der Waals surface area contributed by atoms with Crippen LogP contribution in [0.5, 0.6) is 0 Å². The molecule has 11 atom stereocenters. The highest BCUT2D eigenvalue weighted by molar-refractivity contribution is 6.01. The number of carbonyl (C=O) groups excluding carboxylic acids is 11. The first-order valence-corrected chi connectivity index (χ1v) is 30.4. The van der Waals surface area contributed by atoms with Crippen molar-refractivity contribution in [1.82, 2.24) is 57.3 Å². The van der Waals surface area contributed by atoms with Gasteiger partial charge in [-0.3, -0.25) is 57.5 Å². The number of carboxylic acids is 1. The van der Waals surface area contributed by atoms with E-state index >= 15 is 0 Å². The number of aromatic amines is 1. The first-order valence-electron chi connectivity index (χ1n) is 30.4. The van der Waals surface area contributed by atoms with Crippen LogP contribution in [-0.4, -0.2) is 182 Å². The van der Waals surface area contributed by atoms with Crippen LogP contribution in [0.15, 0.2) is 60.8 Å². The number of hydrogen-bond donors (Lipinski definition) is 13. The Kier molecular flexibility index (Phi) is 25.4. The van der Waals surface area contributed by atoms with Crippen molar-refractivity contribution in [3.63, 3.8) is 0 Å². The van der Waals surface area contributed by atoms with Crippen LogP contribution >= 0.6 is 0 Å². The van der Waals surface area contributed by atoms with Crippen LogP contribution in [0.2, 0.25) is 0 Å². The number of amides is 11. The van der Waals surface area contributed by atoms with Crippen LogP contribution in [0.3, 0.4) is 0 Å². The summed E-state index contributed by atoms with van der Waals surface area (Å²) in [4.78, 5) is 176. The molecule has 0 bridgehead atoms. The highest BCUT2D eigenvalue weighted by atomic mass is 16.4. The van der Waals surface area contributed by atoms with Gasteiger partial charge in [0.1, 0.15) is 60.4 Å². The second kappa shape index (κ2) is 32.5. The Morgan fingerprint density at radius 3 is 1.61 bits per heavy atom. The van der Waals surface area contributed by atoms with Crippen molar-refractivity contribution < 1.29 is 67.7 Å². The molecule has 3 aromatic rings. The molecule has 27 nitrogen and oxygen atoms in total. The summed E-state index contributed by atoms with van der Waals surface area (Å²) in [5.41, 5.74) is 13.4. The molecular formula is C61H87N13O14. The fraction of sp³-hybridized carbons (Fsp3) is 0.574. The SMILES string of the molecule is CC(C)C[C@@H]1NC(=O)[C@H](Cc2c[nH]c3ccccc23)NC(=O)[C@H](CC(C)C)NC(=O)[C@H](Cc2ccccc2)NC(=O)[C@@H]2CCCN2C(=O)[C@H]2CCCN2C(=O)[C@H]([C@@H](C)O)NC(=O)[C@H](CCC(=O)O)NC(=O)[C@H](CCCCN)NC(=O)[C@H](CC(N)=O)NC1=O. The van der Waals surface area contributed by atoms with E-state index in [9.17, 15) is 67.7 Å². The second-order valence-corrected chi connectivity index (χ2v) is 23.9. The molecule has 3 aliphatic heterocycles. The number of aliphatic hydroxyl groups is 1. The van der Waals surface area contributed by atoms with E-state index in [2.05, 4.69) is 47.5 Å². The quantitative estimate of drug-likeness (QED) is 0.0692. The molecule has 0 spiro atoms. The number of rotatable bonds is 18. The number of benzene rings is 2. The summed E-state index contributed by atoms with van der Waals surface area (Å²) in [7, 11) is 0. The molecule has 0 aliphatic carbocycles. The van der Waals surface area contributed by atoms with E-state index in [4.69, 9.17) is 11.5 Å². The predicted molar refractivity (Wildman–Crippen MR) is 321 cm³/mol. The monoisotopic (exact) mass is 1230 g/mol. The lowest BCUT2D eigenvalue weighted by Gasteiger charge is -2.34. The molecule has 6 rings (SSSR count). The molecule has 11 amide bonds. The zero-order valence-corrected chi connectivity index (χ0v) is 50.6. The second-order valence-electron chi connectivity index (χ2n) is 23.9. The van der Waals surface area contributed by atoms with Crippen molar-refractivity contribution in [3.05, 3.63) is 71.9 Å². The Labute approximate surface area is 511 Å². The smallest absolute Gasteiger partial charge is 0.303 e. The fourth-order valence-corrected chi connectivity index (χ4v) is 11.4. The lowest BCUT2D eigenvalue weighted by Crippen LogP contribution is -2.62. The van der Waals surface area contributed by atoms with Gasteiger partial charge in [-0.15, -0.1) is 0 Å². The molecule has 3 saturated heterocycles. The first-order chi connectivity index (χ1) is 41.8. The number of aromatic nitrogens is 1. The number of aliphatic hydroxyl groups excluding tert-OH is 1. The van der Waals surface area contributed by atoms with Crippen LogP contribution in [-0.2, 0) is 70.4 Å². The number of hydrogen-bond acceptors (Lipinski definition) is 14. The van der Waals surface area contributed by atoms with Gasteiger partial charge in [0.2, 0.25) is 65.0 Å². The molecule has 2 aromatic carbocycles. The Morgan fingerprint density at radius 1 is 0.557 bits per heavy atom. The van der Waals surface area contributed by atoms with Gasteiger partial charge in [0, 0.05) is 49.5 Å². The average molecular weight is 1230 g/mol. The Bertz CT molecular complexity index is 2990. The molecule has 1 aromatic heterocycles. The number of unbranched alkanes of at least 4 members (excludes halogenated alkanes) is 1. The molecule has 0 radical (unpaired) electrons. The molecule has 480 valence electrons. The van der Waals surface area contributed by atoms with Gasteiger partial charge in [0.25, 0.3) is 0 Å². The Balaban J connectivity index is 1.44. The van der Waals surface area contributed by atoms with E-state index in [-0.39, 0.29) is 82.8 Å². The molecule has 3 aliphatic rings. The minimum absolute atomic E-state index is 0.00311. The first kappa shape index (κ1) is 68.7. The highest BCUT2D eigenvalue weighted by Crippen LogP contribution is 2.27. The third-order valence-corrected chi connectivity index (χ3v) is 15.9. The predicted octanol–water partition coefficient (Wildman–Crippen LogP) is -0.831. The molecule has 3 fully saturated rings. The summed E-state index contributed by atoms with van der Waals surface area (Å²) in [5, 5.41) is 42.7. The normalized spacial score (nSPS) is 25.8. The maximum absolute atomic E-state index is 14.9. The van der Waals surface area contributed by atoms with Gasteiger partial charge in [-0.1, -0.05) is 76.2 Å². The average Bonchev–Trinajstić information content (AvgIpc) is 2.18. The summed E-state index contributed by atoms with van der Waals surface area (Å²) in [5.74, 6) is -11.7. The molecule has 4 heterocycles. The van der Waals surface area contributed by atoms with Crippen LogP contribution in [0, 0.1) is 11.8 Å². The Hall–Kier alpha value is -8.46. The van der Waals surface area contributed by atoms with E-state index in [0.29, 0.717) is 30.4 Å². The zero-order chi connectivity index (χ0) is 64.4. The zero-order valence-electron chi connectivity index (χ0n) is 50.6. The minimum atomic E-state index is -1.78. The Morgan fingerprint density at radius 2 is 1.03 bits per heavy atom. The molecule has 0 saturated carbocycles. The number of carboxylic acid groups (broad SMARTS) is 1. The van der Waals surface area contributed by atoms with Gasteiger partial charge >= 0.3 is 5.97 Å². The third-order valence-electron chi connectivity index (χ3n) is 15.9. The summed E-state index contributed by atoms with van der Waals surface area (Å²) in [6.07, 6.45) is -0.790. The van der Waals surface area contributed by atoms with E-state index in [1.54, 1.807) is 56.4 Å². The minimum Gasteiger partial charge on any atom is -0.481 e. The van der Waals surface area contributed by atoms with Crippen LogP contribution < -0.4 is 54.0 Å². The number of H-pyrrole nitrogens is 1. The lowest BCUT2D eigenvalue weighted by molar-refractivity contribution is -0.149. The van der Waals surface area contributed by atoms with E-state index in [1.165, 1.54) is 16.7 Å². The van der Waals surface area contributed by atoms with Crippen molar-refractivity contribution in [2.24, 2.45) is 23.3 Å². The number of carbonyl (C=O) groups is 12. The number of aliphatic carboxylic acids is 1. The standard InChI is InChI=1S/C61H87N13O14/c1-33(2)27-42-54(81)69-45(30-37-32-64-39-18-10-9-17-38(37)39)57(84)68-43(28-34(3)4)55(82)70-46(31-49(63)76)58(85)65-40(19-11-12-24-62)52(79)66-41(22-23-50(77)78)53(80)72-51(35(5)75)61(88)74-26-14-21-48(74)60(87)73-25-13-20-47(73)59(86)71-44(56(83)67-42)29-36-15-7-6-8-16-36/h6-10,15-18,32-35,40-48,51,64,75H,11-14,19-31,62H2,1-5H3,(H2,63,76)(H,65,85)(H,66,79)(H,67,83)(H,68,84)(H,69,81)(H,70,82)(H,71,86)(H,72,80)(H,77,78)/t35-,40+,41+,42+,43+,44+,45+,46+,47+,48-,51+/m1/s1. The molecule has 0 unspecified atom stereocenters. The van der Waals surface area contributed by atoms with Gasteiger partial charge in [0.15, 0.2) is 0 Å². The van der Waals surface area contributed by atoms with Gasteiger partial charge in [-0.2, -0.15) is 0 Å². The summed E-state index contributed by atoms with van der Waals surface area (Å²) in [6.45, 7) is 8.63. The summed E-state index contributed by atoms with van der Waals surface area (Å²) < 4.78 is 0. The largest absolute Gasteiger partial charge is 0.481 e. The number of nitrogens with zero attached hydrogens (tertiary/aromatic N) is 2. The fourth-order valence-electron chi connectivity index (χ4n) is 11.4. The maximum Gasteiger partial charge on any atom is 0.303 e. The molecule has 15 N–H and O–H groups in total. The van der Waals surface area contributed by atoms with Crippen LogP contribution in [0.1, 0.15) is 123 Å². The molecule has 27 heteroatoms. The van der Waals surface area contributed by atoms with Crippen LogP contribution in [0.4, 0.5) is 0 Å². The number of nitrogens with one attached hydrogen (secondary N) is 9. The van der Waals surface area contributed by atoms with E-state index < -0.39 is 157 Å². The maximum atomic E-state index is 14.9. The highest BCUT2D eigenvalue weighted by Gasteiger charge is 2.46. The van der Waals surface area contributed by atoms with Crippen molar-refractivity contribution in [2.75, 3.05) is 19.6 Å². The topological polar surface area (TPSA) is 416 Å². The lowest BCUT2D eigenvalue weighted by atomic mass is 9.98. The number of primary amides is 1. The van der Waals surface area contributed by atoms with E-state index in [1.807, 2.05) is 32.0 Å². The number of para-hydroxylation sites is 1. The van der Waals surface area contributed by atoms with Crippen molar-refractivity contribution in [3.8, 4) is 0 Å². The van der Waals surface area contributed by atoms with E-state index in [0.717, 1.165) is 10.9 Å². The van der Waals surface area contributed by atoms with Crippen molar-refractivity contribution >= 4 is 81.9 Å². The van der Waals surface area contributed by atoms with Gasteiger partial charge in [-0.05, 0) is 107 Å². The van der Waals surface area contributed by atoms with Gasteiger partial charge < -0.3 is 79.0 Å². The summed E-state index contributed by atoms with van der Waals surface area (Å²) >= 11 is 0. The van der Waals surface area contributed by atoms with Crippen molar-refractivity contribution in [1.29, 1.82) is 0 Å². The van der Waals surface area contributed by atoms with Crippen molar-refractivity contribution in [2.45, 2.75) is 191 Å². The molecule has 88 heavy (non-hydrogen) atoms. The third kappa shape index (κ3) is 19.3. The number of nitrogens with two attached hydrogens (primary N) is 2. The number of fused-ring (bicyclic) bond motifs is 3.